The van der Waals surface area contributed by atoms with E-state index in [1.54, 1.807) is 6.20 Å². The average molecular weight is 269 g/mol. The molecule has 0 spiro atoms. The smallest absolute Gasteiger partial charge is 0.227 e. The predicted molar refractivity (Wildman–Crippen MR) is 62.5 cm³/mol. The van der Waals surface area contributed by atoms with Crippen LogP contribution in [0.5, 0.6) is 0 Å². The van der Waals surface area contributed by atoms with Crippen molar-refractivity contribution in [3.63, 3.8) is 0 Å². The van der Waals surface area contributed by atoms with Crippen LogP contribution in [-0.2, 0) is 4.79 Å². The van der Waals surface area contributed by atoms with Crippen molar-refractivity contribution in [1.82, 2.24) is 4.98 Å². The Morgan fingerprint density at radius 3 is 2.73 bits per heavy atom. The number of nitrogens with zero attached hydrogens (tertiary/aromatic N) is 1. The van der Waals surface area contributed by atoms with Crippen molar-refractivity contribution >= 4 is 27.5 Å². The number of halogens is 1. The molecule has 3 nitrogen and oxygen atoms in total. The number of aromatic nitrogens is 1. The van der Waals surface area contributed by atoms with E-state index in [0.29, 0.717) is 0 Å². The van der Waals surface area contributed by atoms with Gasteiger partial charge >= 0.3 is 0 Å². The van der Waals surface area contributed by atoms with E-state index in [-0.39, 0.29) is 11.8 Å². The Balaban J connectivity index is 1.96. The molecule has 0 radical (unpaired) electrons. The topological polar surface area (TPSA) is 42.0 Å². The lowest BCUT2D eigenvalue weighted by Gasteiger charge is -2.09. The molecular weight excluding hydrogens is 256 g/mol. The van der Waals surface area contributed by atoms with Gasteiger partial charge in [0.15, 0.2) is 0 Å². The SMILES string of the molecule is O=C(Nc1ccc(Br)nc1)C1CCCC1. The van der Waals surface area contributed by atoms with E-state index in [1.807, 2.05) is 12.1 Å². The first kappa shape index (κ1) is 10.6. The Bertz CT molecular complexity index is 344. The summed E-state index contributed by atoms with van der Waals surface area (Å²) in [6.45, 7) is 0. The summed E-state index contributed by atoms with van der Waals surface area (Å²) in [5.74, 6) is 0.338. The van der Waals surface area contributed by atoms with E-state index < -0.39 is 0 Å². The van der Waals surface area contributed by atoms with Gasteiger partial charge in [-0.2, -0.15) is 0 Å². The first-order valence-corrected chi connectivity index (χ1v) is 5.97. The Kier molecular flexibility index (Phi) is 3.36. The number of rotatable bonds is 2. The maximum Gasteiger partial charge on any atom is 0.227 e. The van der Waals surface area contributed by atoms with E-state index in [1.165, 1.54) is 12.8 Å². The molecule has 80 valence electrons. The van der Waals surface area contributed by atoms with Gasteiger partial charge in [-0.1, -0.05) is 12.8 Å². The molecule has 0 unspecified atom stereocenters. The van der Waals surface area contributed by atoms with Crippen molar-refractivity contribution in [1.29, 1.82) is 0 Å². The second kappa shape index (κ2) is 4.75. The summed E-state index contributed by atoms with van der Waals surface area (Å²) in [5.41, 5.74) is 0.773. The average Bonchev–Trinajstić information content (AvgIpc) is 2.74. The van der Waals surface area contributed by atoms with E-state index in [0.717, 1.165) is 23.1 Å². The number of carbonyl (C=O) groups excluding carboxylic acids is 1. The van der Waals surface area contributed by atoms with Gasteiger partial charge < -0.3 is 5.32 Å². The number of carbonyl (C=O) groups is 1. The van der Waals surface area contributed by atoms with Gasteiger partial charge in [0.2, 0.25) is 5.91 Å². The third-order valence-electron chi connectivity index (χ3n) is 2.72. The third-order valence-corrected chi connectivity index (χ3v) is 3.19. The second-order valence-corrected chi connectivity index (χ2v) is 4.65. The molecule has 0 saturated heterocycles. The van der Waals surface area contributed by atoms with Gasteiger partial charge in [-0.05, 0) is 40.9 Å². The van der Waals surface area contributed by atoms with Gasteiger partial charge in [0, 0.05) is 5.92 Å². The summed E-state index contributed by atoms with van der Waals surface area (Å²) in [4.78, 5) is 15.8. The zero-order valence-corrected chi connectivity index (χ0v) is 9.96. The van der Waals surface area contributed by atoms with Crippen molar-refractivity contribution in [3.8, 4) is 0 Å². The highest BCUT2D eigenvalue weighted by Gasteiger charge is 2.22. The van der Waals surface area contributed by atoms with Crippen LogP contribution in [0.4, 0.5) is 5.69 Å². The van der Waals surface area contributed by atoms with Gasteiger partial charge in [-0.15, -0.1) is 0 Å². The fraction of sp³-hybridized carbons (Fsp3) is 0.455. The fourth-order valence-corrected chi connectivity index (χ4v) is 2.12. The minimum absolute atomic E-state index is 0.136. The van der Waals surface area contributed by atoms with E-state index in [9.17, 15) is 4.79 Å². The summed E-state index contributed by atoms with van der Waals surface area (Å²) < 4.78 is 0.779. The summed E-state index contributed by atoms with van der Waals surface area (Å²) >= 11 is 3.25. The van der Waals surface area contributed by atoms with Gasteiger partial charge in [-0.3, -0.25) is 4.79 Å². The van der Waals surface area contributed by atoms with Crippen LogP contribution in [0.1, 0.15) is 25.7 Å². The van der Waals surface area contributed by atoms with Gasteiger partial charge in [0.1, 0.15) is 4.60 Å². The first-order valence-electron chi connectivity index (χ1n) is 5.18. The first-order chi connectivity index (χ1) is 7.25. The second-order valence-electron chi connectivity index (χ2n) is 3.84. The Hall–Kier alpha value is -0.900. The Labute approximate surface area is 97.4 Å². The lowest BCUT2D eigenvalue weighted by atomic mass is 10.1. The highest BCUT2D eigenvalue weighted by Crippen LogP contribution is 2.25. The van der Waals surface area contributed by atoms with Crippen LogP contribution in [0.3, 0.4) is 0 Å². The zero-order chi connectivity index (χ0) is 10.7. The molecule has 1 fully saturated rings. The summed E-state index contributed by atoms with van der Waals surface area (Å²) in [5, 5.41) is 2.89. The largest absolute Gasteiger partial charge is 0.324 e. The number of hydrogen-bond donors (Lipinski definition) is 1. The number of pyridine rings is 1. The Morgan fingerprint density at radius 1 is 1.40 bits per heavy atom. The van der Waals surface area contributed by atoms with Gasteiger partial charge in [0.25, 0.3) is 0 Å². The molecule has 0 atom stereocenters. The highest BCUT2D eigenvalue weighted by molar-refractivity contribution is 9.10. The lowest BCUT2D eigenvalue weighted by molar-refractivity contribution is -0.119. The number of nitrogens with one attached hydrogen (secondary N) is 1. The molecule has 15 heavy (non-hydrogen) atoms. The monoisotopic (exact) mass is 268 g/mol. The number of amides is 1. The van der Waals surface area contributed by atoms with E-state index >= 15 is 0 Å². The van der Waals surface area contributed by atoms with Crippen LogP contribution in [0, 0.1) is 5.92 Å². The van der Waals surface area contributed by atoms with Crippen LogP contribution in [-0.4, -0.2) is 10.9 Å². The van der Waals surface area contributed by atoms with Crippen molar-refractivity contribution < 1.29 is 4.79 Å². The molecule has 1 heterocycles. The molecule has 2 rings (SSSR count). The normalized spacial score (nSPS) is 16.6. The molecule has 0 bridgehead atoms. The maximum absolute atomic E-state index is 11.7. The standard InChI is InChI=1S/C11H13BrN2O/c12-10-6-5-9(7-13-10)14-11(15)8-3-1-2-4-8/h5-8H,1-4H2,(H,14,15). The molecule has 1 aliphatic carbocycles. The molecule has 1 saturated carbocycles. The molecule has 4 heteroatoms. The summed E-state index contributed by atoms with van der Waals surface area (Å²) in [6.07, 6.45) is 6.07. The lowest BCUT2D eigenvalue weighted by Crippen LogP contribution is -2.20. The number of anilines is 1. The van der Waals surface area contributed by atoms with Crippen molar-refractivity contribution in [2.75, 3.05) is 5.32 Å². The van der Waals surface area contributed by atoms with Crippen LogP contribution < -0.4 is 5.32 Å². The molecule has 1 aromatic heterocycles. The molecule has 1 aromatic rings. The molecule has 1 aliphatic rings. The maximum atomic E-state index is 11.7. The summed E-state index contributed by atoms with van der Waals surface area (Å²) in [6, 6.07) is 3.67. The van der Waals surface area contributed by atoms with Crippen molar-refractivity contribution in [2.24, 2.45) is 5.92 Å². The summed E-state index contributed by atoms with van der Waals surface area (Å²) in [7, 11) is 0. The van der Waals surface area contributed by atoms with Gasteiger partial charge in [-0.25, -0.2) is 4.98 Å². The predicted octanol–water partition coefficient (Wildman–Crippen LogP) is 2.97. The minimum Gasteiger partial charge on any atom is -0.324 e. The van der Waals surface area contributed by atoms with Crippen LogP contribution in [0.2, 0.25) is 0 Å². The van der Waals surface area contributed by atoms with Crippen LogP contribution in [0.15, 0.2) is 22.9 Å². The van der Waals surface area contributed by atoms with Crippen molar-refractivity contribution in [3.05, 3.63) is 22.9 Å². The quantitative estimate of drug-likeness (QED) is 0.838. The van der Waals surface area contributed by atoms with Crippen molar-refractivity contribution in [2.45, 2.75) is 25.7 Å². The fourth-order valence-electron chi connectivity index (χ4n) is 1.88. The highest BCUT2D eigenvalue weighted by atomic mass is 79.9. The third kappa shape index (κ3) is 2.78. The molecule has 1 N–H and O–H groups in total. The minimum atomic E-state index is 0.136. The van der Waals surface area contributed by atoms with Crippen LogP contribution >= 0.6 is 15.9 Å². The van der Waals surface area contributed by atoms with Gasteiger partial charge in [0.05, 0.1) is 11.9 Å². The molecule has 0 aromatic carbocycles. The zero-order valence-electron chi connectivity index (χ0n) is 8.37. The number of hydrogen-bond acceptors (Lipinski definition) is 2. The Morgan fingerprint density at radius 2 is 2.13 bits per heavy atom. The molecule has 0 aliphatic heterocycles. The van der Waals surface area contributed by atoms with E-state index in [2.05, 4.69) is 26.2 Å². The van der Waals surface area contributed by atoms with E-state index in [4.69, 9.17) is 0 Å². The molecular formula is C11H13BrN2O. The molecule has 1 amide bonds. The van der Waals surface area contributed by atoms with Crippen LogP contribution in [0.25, 0.3) is 0 Å².